The van der Waals surface area contributed by atoms with Gasteiger partial charge in [-0.1, -0.05) is 24.1 Å². The van der Waals surface area contributed by atoms with E-state index in [9.17, 15) is 4.79 Å². The van der Waals surface area contributed by atoms with E-state index in [1.54, 1.807) is 17.1 Å². The molecule has 2 amide bonds. The number of urea groups is 1. The Hall–Kier alpha value is -1.51. The van der Waals surface area contributed by atoms with Gasteiger partial charge in [-0.05, 0) is 25.7 Å². The smallest absolute Gasteiger partial charge is 0.317 e. The fraction of sp³-hybridized carbons (Fsp3) is 0.500. The molecule has 94 valence electrons. The monoisotopic (exact) mass is 234 g/mol. The molecule has 0 radical (unpaired) electrons. The first-order valence-electron chi connectivity index (χ1n) is 6.23. The van der Waals surface area contributed by atoms with Gasteiger partial charge in [-0.25, -0.2) is 4.79 Å². The Morgan fingerprint density at radius 1 is 1.18 bits per heavy atom. The summed E-state index contributed by atoms with van der Waals surface area (Å²) in [4.78, 5) is 13.5. The van der Waals surface area contributed by atoms with Gasteiger partial charge in [0.1, 0.15) is 0 Å². The largest absolute Gasteiger partial charge is 0.321 e. The Labute approximate surface area is 104 Å². The van der Waals surface area contributed by atoms with Crippen molar-refractivity contribution in [2.24, 2.45) is 0 Å². The SMILES string of the molecule is C=CCN(CC=C)C(=O)NC=C1CCCCC1. The second-order valence-electron chi connectivity index (χ2n) is 4.30. The number of amides is 2. The number of carbonyl (C=O) groups is 1. The van der Waals surface area contributed by atoms with Crippen LogP contribution >= 0.6 is 0 Å². The third-order valence-electron chi connectivity index (χ3n) is 2.88. The second kappa shape index (κ2) is 7.71. The van der Waals surface area contributed by atoms with Gasteiger partial charge in [-0.2, -0.15) is 0 Å². The number of hydrogen-bond donors (Lipinski definition) is 1. The lowest BCUT2D eigenvalue weighted by atomic mass is 9.96. The third-order valence-corrected chi connectivity index (χ3v) is 2.88. The number of rotatable bonds is 5. The molecule has 0 spiro atoms. The minimum Gasteiger partial charge on any atom is -0.317 e. The van der Waals surface area contributed by atoms with Gasteiger partial charge in [-0.3, -0.25) is 0 Å². The van der Waals surface area contributed by atoms with Crippen LogP contribution in [0.3, 0.4) is 0 Å². The lowest BCUT2D eigenvalue weighted by molar-refractivity contribution is 0.212. The highest BCUT2D eigenvalue weighted by atomic mass is 16.2. The third kappa shape index (κ3) is 4.89. The van der Waals surface area contributed by atoms with Crippen LogP contribution in [0.5, 0.6) is 0 Å². The van der Waals surface area contributed by atoms with E-state index in [2.05, 4.69) is 18.5 Å². The summed E-state index contributed by atoms with van der Waals surface area (Å²) in [7, 11) is 0. The predicted molar refractivity (Wildman–Crippen MR) is 71.7 cm³/mol. The molecule has 0 saturated heterocycles. The molecular formula is C14H22N2O. The van der Waals surface area contributed by atoms with Crippen molar-refractivity contribution in [2.75, 3.05) is 13.1 Å². The zero-order valence-corrected chi connectivity index (χ0v) is 10.5. The molecule has 1 rings (SSSR count). The number of carbonyl (C=O) groups excluding carboxylic acids is 1. The standard InChI is InChI=1S/C14H22N2O/c1-3-10-16(11-4-2)14(17)15-12-13-8-6-5-7-9-13/h3-4,12H,1-2,5-11H2,(H,15,17). The molecular weight excluding hydrogens is 212 g/mol. The summed E-state index contributed by atoms with van der Waals surface area (Å²) in [5.74, 6) is 0. The number of hydrogen-bond acceptors (Lipinski definition) is 1. The molecule has 1 aliphatic carbocycles. The zero-order chi connectivity index (χ0) is 12.5. The second-order valence-corrected chi connectivity index (χ2v) is 4.30. The molecule has 17 heavy (non-hydrogen) atoms. The highest BCUT2D eigenvalue weighted by Gasteiger charge is 2.10. The molecule has 1 fully saturated rings. The maximum Gasteiger partial charge on any atom is 0.321 e. The van der Waals surface area contributed by atoms with Crippen molar-refractivity contribution in [3.05, 3.63) is 37.1 Å². The summed E-state index contributed by atoms with van der Waals surface area (Å²) in [5, 5.41) is 2.85. The van der Waals surface area contributed by atoms with E-state index >= 15 is 0 Å². The van der Waals surface area contributed by atoms with Crippen LogP contribution in [0.2, 0.25) is 0 Å². The van der Waals surface area contributed by atoms with E-state index < -0.39 is 0 Å². The fourth-order valence-corrected chi connectivity index (χ4v) is 1.96. The highest BCUT2D eigenvalue weighted by Crippen LogP contribution is 2.21. The fourth-order valence-electron chi connectivity index (χ4n) is 1.96. The van der Waals surface area contributed by atoms with Crippen molar-refractivity contribution in [1.29, 1.82) is 0 Å². The maximum absolute atomic E-state index is 11.8. The average Bonchev–Trinajstić information content (AvgIpc) is 2.37. The van der Waals surface area contributed by atoms with Gasteiger partial charge in [0.15, 0.2) is 0 Å². The summed E-state index contributed by atoms with van der Waals surface area (Å²) < 4.78 is 0. The molecule has 1 N–H and O–H groups in total. The van der Waals surface area contributed by atoms with Crippen LogP contribution in [-0.4, -0.2) is 24.0 Å². The Bertz CT molecular complexity index is 289. The molecule has 1 aliphatic rings. The van der Waals surface area contributed by atoms with Crippen LogP contribution in [0, 0.1) is 0 Å². The molecule has 0 aromatic heterocycles. The molecule has 0 unspecified atom stereocenters. The summed E-state index contributed by atoms with van der Waals surface area (Å²) in [6.45, 7) is 8.37. The summed E-state index contributed by atoms with van der Waals surface area (Å²) in [6, 6.07) is -0.0807. The van der Waals surface area contributed by atoms with E-state index in [4.69, 9.17) is 0 Å². The van der Waals surface area contributed by atoms with Crippen molar-refractivity contribution in [2.45, 2.75) is 32.1 Å². The molecule has 0 heterocycles. The van der Waals surface area contributed by atoms with Crippen LogP contribution in [-0.2, 0) is 0 Å². The van der Waals surface area contributed by atoms with Gasteiger partial charge in [0.2, 0.25) is 0 Å². The van der Waals surface area contributed by atoms with E-state index in [0.29, 0.717) is 13.1 Å². The van der Waals surface area contributed by atoms with Crippen molar-refractivity contribution >= 4 is 6.03 Å². The van der Waals surface area contributed by atoms with Gasteiger partial charge in [0.25, 0.3) is 0 Å². The molecule has 1 saturated carbocycles. The first-order chi connectivity index (χ1) is 8.27. The van der Waals surface area contributed by atoms with Gasteiger partial charge in [-0.15, -0.1) is 13.2 Å². The highest BCUT2D eigenvalue weighted by molar-refractivity contribution is 5.75. The van der Waals surface area contributed by atoms with Gasteiger partial charge < -0.3 is 10.2 Å². The average molecular weight is 234 g/mol. The van der Waals surface area contributed by atoms with Crippen LogP contribution in [0.25, 0.3) is 0 Å². The van der Waals surface area contributed by atoms with Crippen LogP contribution in [0.4, 0.5) is 4.79 Å². The predicted octanol–water partition coefficient (Wildman–Crippen LogP) is 3.22. The minimum absolute atomic E-state index is 0.0807. The first-order valence-corrected chi connectivity index (χ1v) is 6.23. The zero-order valence-electron chi connectivity index (χ0n) is 10.5. The Kier molecular flexibility index (Phi) is 6.15. The molecule has 0 atom stereocenters. The van der Waals surface area contributed by atoms with Crippen molar-refractivity contribution in [1.82, 2.24) is 10.2 Å². The Morgan fingerprint density at radius 2 is 1.76 bits per heavy atom. The van der Waals surface area contributed by atoms with Crippen LogP contribution < -0.4 is 5.32 Å². The topological polar surface area (TPSA) is 32.3 Å². The lowest BCUT2D eigenvalue weighted by Gasteiger charge is -2.19. The lowest BCUT2D eigenvalue weighted by Crippen LogP contribution is -2.38. The molecule has 3 nitrogen and oxygen atoms in total. The van der Waals surface area contributed by atoms with Crippen molar-refractivity contribution in [3.8, 4) is 0 Å². The van der Waals surface area contributed by atoms with E-state index in [-0.39, 0.29) is 6.03 Å². The van der Waals surface area contributed by atoms with Gasteiger partial charge >= 0.3 is 6.03 Å². The van der Waals surface area contributed by atoms with Gasteiger partial charge in [0, 0.05) is 19.3 Å². The number of nitrogens with one attached hydrogen (secondary N) is 1. The van der Waals surface area contributed by atoms with Crippen molar-refractivity contribution in [3.63, 3.8) is 0 Å². The molecule has 0 aromatic carbocycles. The van der Waals surface area contributed by atoms with Crippen LogP contribution in [0.15, 0.2) is 37.1 Å². The van der Waals surface area contributed by atoms with E-state index in [0.717, 1.165) is 12.8 Å². The number of nitrogens with zero attached hydrogens (tertiary/aromatic N) is 1. The van der Waals surface area contributed by atoms with Crippen molar-refractivity contribution < 1.29 is 4.79 Å². The normalized spacial score (nSPS) is 14.9. The minimum atomic E-state index is -0.0807. The number of allylic oxidation sites excluding steroid dienone is 1. The molecule has 0 bridgehead atoms. The summed E-state index contributed by atoms with van der Waals surface area (Å²) in [5.41, 5.74) is 1.35. The Balaban J connectivity index is 2.44. The van der Waals surface area contributed by atoms with Crippen LogP contribution in [0.1, 0.15) is 32.1 Å². The van der Waals surface area contributed by atoms with E-state index in [1.165, 1.54) is 24.8 Å². The summed E-state index contributed by atoms with van der Waals surface area (Å²) in [6.07, 6.45) is 11.3. The summed E-state index contributed by atoms with van der Waals surface area (Å²) >= 11 is 0. The maximum atomic E-state index is 11.8. The van der Waals surface area contributed by atoms with Gasteiger partial charge in [0.05, 0.1) is 0 Å². The molecule has 3 heteroatoms. The molecule has 0 aliphatic heterocycles. The molecule has 0 aromatic rings. The Morgan fingerprint density at radius 3 is 2.29 bits per heavy atom. The van der Waals surface area contributed by atoms with E-state index in [1.807, 2.05) is 6.20 Å². The quantitative estimate of drug-likeness (QED) is 0.728. The first kappa shape index (κ1) is 13.6.